The van der Waals surface area contributed by atoms with Crippen molar-refractivity contribution in [2.75, 3.05) is 19.6 Å². The van der Waals surface area contributed by atoms with Crippen molar-refractivity contribution >= 4 is 39.1 Å². The van der Waals surface area contributed by atoms with Crippen molar-refractivity contribution in [1.82, 2.24) is 14.6 Å². The average molecular weight is 442 g/mol. The van der Waals surface area contributed by atoms with Gasteiger partial charge in [0.15, 0.2) is 0 Å². The molecule has 6 nitrogen and oxygen atoms in total. The van der Waals surface area contributed by atoms with Crippen LogP contribution in [-0.4, -0.2) is 43.2 Å². The lowest BCUT2D eigenvalue weighted by atomic mass is 9.97. The summed E-state index contributed by atoms with van der Waals surface area (Å²) >= 11 is 11.9. The number of piperidine rings is 1. The first-order valence-corrected chi connectivity index (χ1v) is 11.2. The molecule has 1 saturated heterocycles. The molecular weight excluding hydrogens is 421 g/mol. The molecule has 3 rings (SSSR count). The van der Waals surface area contributed by atoms with Crippen LogP contribution in [0.4, 0.5) is 0 Å². The van der Waals surface area contributed by atoms with Gasteiger partial charge in [-0.1, -0.05) is 35.3 Å². The van der Waals surface area contributed by atoms with E-state index in [1.165, 1.54) is 16.6 Å². The van der Waals surface area contributed by atoms with E-state index >= 15 is 0 Å². The lowest BCUT2D eigenvalue weighted by Crippen LogP contribution is -2.43. The number of benzene rings is 1. The SMILES string of the molecule is O=C(NCCc1cccc(Cl)c1)C1CCN(S(=O)(=O)c2cccnc2Cl)CC1. The highest BCUT2D eigenvalue weighted by Crippen LogP contribution is 2.27. The zero-order valence-electron chi connectivity index (χ0n) is 15.1. The molecule has 1 aromatic heterocycles. The van der Waals surface area contributed by atoms with Crippen LogP contribution in [0.2, 0.25) is 10.2 Å². The van der Waals surface area contributed by atoms with Crippen LogP contribution in [0.25, 0.3) is 0 Å². The third-order valence-corrected chi connectivity index (χ3v) is 7.35. The van der Waals surface area contributed by atoms with Crippen molar-refractivity contribution in [2.24, 2.45) is 5.92 Å². The maximum absolute atomic E-state index is 12.7. The summed E-state index contributed by atoms with van der Waals surface area (Å²) in [5.41, 5.74) is 1.06. The van der Waals surface area contributed by atoms with E-state index in [0.29, 0.717) is 30.8 Å². The van der Waals surface area contributed by atoms with Gasteiger partial charge in [0.1, 0.15) is 10.0 Å². The quantitative estimate of drug-likeness (QED) is 0.698. The van der Waals surface area contributed by atoms with Crippen LogP contribution in [0.3, 0.4) is 0 Å². The Balaban J connectivity index is 1.50. The van der Waals surface area contributed by atoms with E-state index in [1.54, 1.807) is 6.07 Å². The first kappa shape index (κ1) is 21.0. The molecule has 1 aliphatic heterocycles. The van der Waals surface area contributed by atoms with Gasteiger partial charge in [0.25, 0.3) is 0 Å². The van der Waals surface area contributed by atoms with Gasteiger partial charge in [-0.15, -0.1) is 0 Å². The summed E-state index contributed by atoms with van der Waals surface area (Å²) in [5.74, 6) is -0.242. The molecule has 2 heterocycles. The highest BCUT2D eigenvalue weighted by molar-refractivity contribution is 7.89. The maximum Gasteiger partial charge on any atom is 0.246 e. The predicted octanol–water partition coefficient (Wildman–Crippen LogP) is 3.15. The number of hydrogen-bond donors (Lipinski definition) is 1. The number of rotatable bonds is 6. The second-order valence-electron chi connectivity index (χ2n) is 6.64. The molecule has 1 fully saturated rings. The highest BCUT2D eigenvalue weighted by Gasteiger charge is 2.33. The van der Waals surface area contributed by atoms with Gasteiger partial charge in [-0.05, 0) is 49.1 Å². The molecule has 28 heavy (non-hydrogen) atoms. The summed E-state index contributed by atoms with van der Waals surface area (Å²) in [4.78, 5) is 16.2. The molecule has 150 valence electrons. The third kappa shape index (κ3) is 5.03. The molecule has 1 aromatic carbocycles. The average Bonchev–Trinajstić information content (AvgIpc) is 2.68. The topological polar surface area (TPSA) is 79.4 Å². The minimum atomic E-state index is -3.70. The fourth-order valence-electron chi connectivity index (χ4n) is 3.23. The molecule has 0 saturated carbocycles. The molecule has 0 atom stereocenters. The first-order chi connectivity index (χ1) is 13.4. The summed E-state index contributed by atoms with van der Waals surface area (Å²) in [6, 6.07) is 10.5. The minimum Gasteiger partial charge on any atom is -0.356 e. The standard InChI is InChI=1S/C19H21Cl2N3O3S/c20-16-4-1-3-14(13-16)6-10-23-19(25)15-7-11-24(12-8-15)28(26,27)17-5-2-9-22-18(17)21/h1-5,9,13,15H,6-8,10-12H2,(H,23,25). The number of carbonyl (C=O) groups is 1. The van der Waals surface area contributed by atoms with E-state index in [9.17, 15) is 13.2 Å². The molecule has 0 radical (unpaired) electrons. The Morgan fingerprint density at radius 3 is 2.61 bits per heavy atom. The van der Waals surface area contributed by atoms with Crippen LogP contribution >= 0.6 is 23.2 Å². The number of aromatic nitrogens is 1. The summed E-state index contributed by atoms with van der Waals surface area (Å²) < 4.78 is 26.8. The van der Waals surface area contributed by atoms with Gasteiger partial charge < -0.3 is 5.32 Å². The Labute approximate surface area is 174 Å². The molecule has 0 spiro atoms. The number of carbonyl (C=O) groups excluding carboxylic acids is 1. The summed E-state index contributed by atoms with van der Waals surface area (Å²) in [6.45, 7) is 1.07. The van der Waals surface area contributed by atoms with Gasteiger partial charge in [-0.2, -0.15) is 4.31 Å². The van der Waals surface area contributed by atoms with E-state index in [0.717, 1.165) is 5.56 Å². The molecule has 0 unspecified atom stereocenters. The van der Waals surface area contributed by atoms with Crippen molar-refractivity contribution in [3.8, 4) is 0 Å². The molecular formula is C19H21Cl2N3O3S. The number of halogens is 2. The molecule has 1 amide bonds. The molecule has 1 N–H and O–H groups in total. The predicted molar refractivity (Wildman–Crippen MR) is 109 cm³/mol. The number of sulfonamides is 1. The summed E-state index contributed by atoms with van der Waals surface area (Å²) in [5, 5.41) is 3.57. The Morgan fingerprint density at radius 1 is 1.18 bits per heavy atom. The van der Waals surface area contributed by atoms with E-state index in [4.69, 9.17) is 23.2 Å². The van der Waals surface area contributed by atoms with Crippen LogP contribution < -0.4 is 5.32 Å². The van der Waals surface area contributed by atoms with Gasteiger partial charge in [0.2, 0.25) is 15.9 Å². The molecule has 1 aliphatic rings. The fraction of sp³-hybridized carbons (Fsp3) is 0.368. The second-order valence-corrected chi connectivity index (χ2v) is 9.34. The number of pyridine rings is 1. The van der Waals surface area contributed by atoms with Crippen molar-refractivity contribution in [1.29, 1.82) is 0 Å². The Kier molecular flexibility index (Phi) is 6.93. The Morgan fingerprint density at radius 2 is 1.93 bits per heavy atom. The number of amides is 1. The van der Waals surface area contributed by atoms with Crippen molar-refractivity contribution in [3.63, 3.8) is 0 Å². The van der Waals surface area contributed by atoms with Gasteiger partial charge in [-0.25, -0.2) is 13.4 Å². The number of hydrogen-bond acceptors (Lipinski definition) is 4. The van der Waals surface area contributed by atoms with E-state index in [1.807, 2.05) is 24.3 Å². The Hall–Kier alpha value is -1.67. The number of nitrogens with one attached hydrogen (secondary N) is 1. The lowest BCUT2D eigenvalue weighted by molar-refractivity contribution is -0.126. The van der Waals surface area contributed by atoms with Crippen LogP contribution in [0.5, 0.6) is 0 Å². The van der Waals surface area contributed by atoms with Crippen molar-refractivity contribution in [3.05, 3.63) is 58.3 Å². The zero-order chi connectivity index (χ0) is 20.1. The lowest BCUT2D eigenvalue weighted by Gasteiger charge is -2.30. The molecule has 0 aliphatic carbocycles. The van der Waals surface area contributed by atoms with Crippen LogP contribution in [-0.2, 0) is 21.2 Å². The van der Waals surface area contributed by atoms with Crippen LogP contribution in [0.1, 0.15) is 18.4 Å². The summed E-state index contributed by atoms with van der Waals surface area (Å²) in [6.07, 6.45) is 3.08. The van der Waals surface area contributed by atoms with Crippen LogP contribution in [0.15, 0.2) is 47.5 Å². The van der Waals surface area contributed by atoms with Gasteiger partial charge in [0.05, 0.1) is 0 Å². The van der Waals surface area contributed by atoms with E-state index in [2.05, 4.69) is 10.3 Å². The number of nitrogens with zero attached hydrogens (tertiary/aromatic N) is 2. The molecule has 0 bridgehead atoms. The van der Waals surface area contributed by atoms with E-state index in [-0.39, 0.29) is 35.0 Å². The molecule has 9 heteroatoms. The maximum atomic E-state index is 12.7. The molecule has 2 aromatic rings. The van der Waals surface area contributed by atoms with Gasteiger partial charge in [0, 0.05) is 36.8 Å². The summed E-state index contributed by atoms with van der Waals surface area (Å²) in [7, 11) is -3.70. The van der Waals surface area contributed by atoms with E-state index < -0.39 is 10.0 Å². The van der Waals surface area contributed by atoms with Gasteiger partial charge >= 0.3 is 0 Å². The normalized spacial score (nSPS) is 16.1. The fourth-order valence-corrected chi connectivity index (χ4v) is 5.34. The highest BCUT2D eigenvalue weighted by atomic mass is 35.5. The second kappa shape index (κ2) is 9.22. The Bertz CT molecular complexity index is 945. The van der Waals surface area contributed by atoms with Crippen molar-refractivity contribution in [2.45, 2.75) is 24.2 Å². The smallest absolute Gasteiger partial charge is 0.246 e. The van der Waals surface area contributed by atoms with Crippen LogP contribution in [0, 0.1) is 5.92 Å². The van der Waals surface area contributed by atoms with Gasteiger partial charge in [-0.3, -0.25) is 4.79 Å². The van der Waals surface area contributed by atoms with Crippen molar-refractivity contribution < 1.29 is 13.2 Å². The zero-order valence-corrected chi connectivity index (χ0v) is 17.5. The minimum absolute atomic E-state index is 0.00101. The third-order valence-electron chi connectivity index (χ3n) is 4.77. The largest absolute Gasteiger partial charge is 0.356 e. The first-order valence-electron chi connectivity index (χ1n) is 9.01. The monoisotopic (exact) mass is 441 g/mol.